The molecule has 0 spiro atoms. The third kappa shape index (κ3) is 8.78. The molecule has 1 atom stereocenters. The van der Waals surface area contributed by atoms with Crippen molar-refractivity contribution in [1.29, 1.82) is 0 Å². The molecule has 4 N–H and O–H groups in total. The van der Waals surface area contributed by atoms with Crippen molar-refractivity contribution in [1.82, 2.24) is 10.6 Å². The summed E-state index contributed by atoms with van der Waals surface area (Å²) < 4.78 is 0. The highest BCUT2D eigenvalue weighted by Gasteiger charge is 2.08. The van der Waals surface area contributed by atoms with Gasteiger partial charge in [0.25, 0.3) is 5.91 Å². The fraction of sp³-hybridized carbons (Fsp3) is 0.529. The Morgan fingerprint density at radius 2 is 2.09 bits per heavy atom. The topological polar surface area (TPSA) is 79.5 Å². The lowest BCUT2D eigenvalue weighted by molar-refractivity contribution is 0.0939. The zero-order valence-corrected chi connectivity index (χ0v) is 16.6. The van der Waals surface area contributed by atoms with E-state index in [0.717, 1.165) is 31.4 Å². The number of nitrogens with zero attached hydrogens (tertiary/aromatic N) is 1. The van der Waals surface area contributed by atoms with Crippen molar-refractivity contribution in [2.45, 2.75) is 52.6 Å². The van der Waals surface area contributed by atoms with Crippen molar-refractivity contribution in [3.63, 3.8) is 0 Å². The van der Waals surface area contributed by atoms with Crippen LogP contribution in [0.1, 0.15) is 56.0 Å². The third-order valence-electron chi connectivity index (χ3n) is 3.45. The van der Waals surface area contributed by atoms with Gasteiger partial charge in [-0.15, -0.1) is 24.0 Å². The first-order chi connectivity index (χ1) is 10.6. The van der Waals surface area contributed by atoms with Crippen molar-refractivity contribution in [3.8, 4) is 0 Å². The van der Waals surface area contributed by atoms with Gasteiger partial charge < -0.3 is 16.4 Å². The van der Waals surface area contributed by atoms with Gasteiger partial charge in [-0.1, -0.05) is 32.4 Å². The molecule has 0 fully saturated rings. The van der Waals surface area contributed by atoms with E-state index < -0.39 is 0 Å². The van der Waals surface area contributed by atoms with Gasteiger partial charge in [0, 0.05) is 18.2 Å². The summed E-state index contributed by atoms with van der Waals surface area (Å²) in [5, 5.41) is 6.03. The minimum atomic E-state index is -0.0470. The molecular weight excluding hydrogens is 403 g/mol. The molecule has 0 heterocycles. The van der Waals surface area contributed by atoms with Crippen LogP contribution in [0.3, 0.4) is 0 Å². The van der Waals surface area contributed by atoms with Crippen LogP contribution in [0, 0.1) is 0 Å². The van der Waals surface area contributed by atoms with E-state index in [4.69, 9.17) is 5.73 Å². The van der Waals surface area contributed by atoms with Crippen molar-refractivity contribution in [2.24, 2.45) is 10.7 Å². The minimum Gasteiger partial charge on any atom is -0.370 e. The average molecular weight is 432 g/mol. The lowest BCUT2D eigenvalue weighted by Gasteiger charge is -2.11. The number of rotatable bonds is 8. The first kappa shape index (κ1) is 21.7. The molecule has 1 aromatic rings. The Hall–Kier alpha value is -1.31. The van der Waals surface area contributed by atoms with Crippen LogP contribution in [0.25, 0.3) is 0 Å². The number of benzene rings is 1. The summed E-state index contributed by atoms with van der Waals surface area (Å²) in [4.78, 5) is 16.4. The van der Waals surface area contributed by atoms with E-state index in [0.29, 0.717) is 18.1 Å². The van der Waals surface area contributed by atoms with Crippen molar-refractivity contribution in [3.05, 3.63) is 35.4 Å². The molecule has 0 bridgehead atoms. The number of carbonyl (C=O) groups excluding carboxylic acids is 1. The van der Waals surface area contributed by atoms with Gasteiger partial charge in [0.15, 0.2) is 5.96 Å². The van der Waals surface area contributed by atoms with E-state index in [1.54, 1.807) is 0 Å². The summed E-state index contributed by atoms with van der Waals surface area (Å²) >= 11 is 0. The lowest BCUT2D eigenvalue weighted by atomic mass is 10.1. The van der Waals surface area contributed by atoms with Gasteiger partial charge in [-0.2, -0.15) is 0 Å². The molecule has 0 aliphatic carbocycles. The largest absolute Gasteiger partial charge is 0.370 e. The zero-order chi connectivity index (χ0) is 16.4. The first-order valence-corrected chi connectivity index (χ1v) is 8.00. The van der Waals surface area contributed by atoms with Crippen LogP contribution in [-0.4, -0.2) is 24.5 Å². The number of hydrogen-bond donors (Lipinski definition) is 3. The number of nitrogens with one attached hydrogen (secondary N) is 2. The van der Waals surface area contributed by atoms with E-state index in [9.17, 15) is 4.79 Å². The molecule has 0 radical (unpaired) electrons. The number of guanidine groups is 1. The summed E-state index contributed by atoms with van der Waals surface area (Å²) in [6, 6.07) is 7.67. The molecule has 1 unspecified atom stereocenters. The van der Waals surface area contributed by atoms with Crippen LogP contribution in [0.4, 0.5) is 0 Å². The lowest BCUT2D eigenvalue weighted by Crippen LogP contribution is -2.32. The standard InChI is InChI=1S/C17H28N4O.HI/c1-4-6-10-19-17(18)20-12-14-8-7-9-15(11-14)16(22)21-13(3)5-2;/h7-9,11,13H,4-6,10,12H2,1-3H3,(H,21,22)(H3,18,19,20);1H. The molecule has 23 heavy (non-hydrogen) atoms. The number of aliphatic imine (C=N–C) groups is 1. The molecule has 0 aromatic heterocycles. The Morgan fingerprint density at radius 3 is 2.74 bits per heavy atom. The average Bonchev–Trinajstić information content (AvgIpc) is 2.53. The molecule has 0 aliphatic rings. The molecule has 130 valence electrons. The molecule has 1 aromatic carbocycles. The van der Waals surface area contributed by atoms with E-state index in [-0.39, 0.29) is 35.9 Å². The Morgan fingerprint density at radius 1 is 1.35 bits per heavy atom. The van der Waals surface area contributed by atoms with E-state index >= 15 is 0 Å². The summed E-state index contributed by atoms with van der Waals surface area (Å²) in [7, 11) is 0. The maximum Gasteiger partial charge on any atom is 0.251 e. The van der Waals surface area contributed by atoms with Crippen LogP contribution >= 0.6 is 24.0 Å². The number of amides is 1. The second-order valence-corrected chi connectivity index (χ2v) is 5.46. The number of unbranched alkanes of at least 4 members (excludes halogenated alkanes) is 1. The third-order valence-corrected chi connectivity index (χ3v) is 3.45. The van der Waals surface area contributed by atoms with Crippen LogP contribution < -0.4 is 16.4 Å². The van der Waals surface area contributed by atoms with Crippen LogP contribution in [0.15, 0.2) is 29.3 Å². The highest BCUT2D eigenvalue weighted by atomic mass is 127. The molecule has 0 saturated carbocycles. The van der Waals surface area contributed by atoms with Gasteiger partial charge in [-0.05, 0) is 37.5 Å². The molecule has 5 nitrogen and oxygen atoms in total. The zero-order valence-electron chi connectivity index (χ0n) is 14.3. The molecular formula is C17H29IN4O. The predicted octanol–water partition coefficient (Wildman–Crippen LogP) is 3.04. The highest BCUT2D eigenvalue weighted by molar-refractivity contribution is 14.0. The van der Waals surface area contributed by atoms with Crippen LogP contribution in [-0.2, 0) is 6.54 Å². The summed E-state index contributed by atoms with van der Waals surface area (Å²) in [5.41, 5.74) is 7.43. The smallest absolute Gasteiger partial charge is 0.251 e. The molecule has 0 saturated heterocycles. The van der Waals surface area contributed by atoms with E-state index in [2.05, 4.69) is 22.5 Å². The van der Waals surface area contributed by atoms with E-state index in [1.165, 1.54) is 0 Å². The summed E-state index contributed by atoms with van der Waals surface area (Å²) in [5.74, 6) is 0.400. The summed E-state index contributed by atoms with van der Waals surface area (Å²) in [6.07, 6.45) is 3.10. The Balaban J connectivity index is 0.00000484. The monoisotopic (exact) mass is 432 g/mol. The number of hydrogen-bond acceptors (Lipinski definition) is 2. The molecule has 1 rings (SSSR count). The van der Waals surface area contributed by atoms with Gasteiger partial charge in [0.1, 0.15) is 0 Å². The van der Waals surface area contributed by atoms with Gasteiger partial charge in [0.2, 0.25) is 0 Å². The fourth-order valence-electron chi connectivity index (χ4n) is 1.85. The predicted molar refractivity (Wildman–Crippen MR) is 107 cm³/mol. The quantitative estimate of drug-likeness (QED) is 0.256. The SMILES string of the molecule is CCCCNC(N)=NCc1cccc(C(=O)NC(C)CC)c1.I. The Kier molecular flexibility index (Phi) is 11.5. The van der Waals surface area contributed by atoms with Crippen LogP contribution in [0.5, 0.6) is 0 Å². The van der Waals surface area contributed by atoms with Gasteiger partial charge in [-0.25, -0.2) is 4.99 Å². The Bertz CT molecular complexity index is 505. The van der Waals surface area contributed by atoms with Crippen molar-refractivity contribution < 1.29 is 4.79 Å². The second-order valence-electron chi connectivity index (χ2n) is 5.46. The molecule has 6 heteroatoms. The maximum absolute atomic E-state index is 12.1. The maximum atomic E-state index is 12.1. The molecule has 0 aliphatic heterocycles. The van der Waals surface area contributed by atoms with Crippen LogP contribution in [0.2, 0.25) is 0 Å². The normalized spacial score (nSPS) is 12.2. The minimum absolute atomic E-state index is 0. The number of halogens is 1. The fourth-order valence-corrected chi connectivity index (χ4v) is 1.85. The second kappa shape index (κ2) is 12.2. The Labute approximate surface area is 156 Å². The van der Waals surface area contributed by atoms with Crippen molar-refractivity contribution >= 4 is 35.8 Å². The van der Waals surface area contributed by atoms with E-state index in [1.807, 2.05) is 38.1 Å². The summed E-state index contributed by atoms with van der Waals surface area (Å²) in [6.45, 7) is 7.47. The highest BCUT2D eigenvalue weighted by Crippen LogP contribution is 2.07. The molecule has 1 amide bonds. The number of nitrogens with two attached hydrogens (primary N) is 1. The van der Waals surface area contributed by atoms with Gasteiger partial charge >= 0.3 is 0 Å². The van der Waals surface area contributed by atoms with Crippen molar-refractivity contribution in [2.75, 3.05) is 6.54 Å². The first-order valence-electron chi connectivity index (χ1n) is 8.00. The van der Waals surface area contributed by atoms with Gasteiger partial charge in [-0.3, -0.25) is 4.79 Å². The number of carbonyl (C=O) groups is 1. The van der Waals surface area contributed by atoms with Gasteiger partial charge in [0.05, 0.1) is 6.54 Å².